The van der Waals surface area contributed by atoms with Gasteiger partial charge in [0.05, 0.1) is 0 Å². The first-order chi connectivity index (χ1) is 8.27. The Balaban J connectivity index is 2.49. The van der Waals surface area contributed by atoms with Crippen LogP contribution in [0.25, 0.3) is 0 Å². The smallest absolute Gasteiger partial charge is 0.125 e. The van der Waals surface area contributed by atoms with E-state index in [1.165, 1.54) is 0 Å². The lowest BCUT2D eigenvalue weighted by Gasteiger charge is -2.11. The standard InChI is InChI=1S/C13H22N2O2/c1-3-15-7-9-16-12-5-4-11(2)13(10-12)17-8-6-14/h4-5,10,15H,3,6-9,14H2,1-2H3. The van der Waals surface area contributed by atoms with Crippen molar-refractivity contribution in [3.05, 3.63) is 23.8 Å². The van der Waals surface area contributed by atoms with Crippen molar-refractivity contribution in [2.45, 2.75) is 13.8 Å². The van der Waals surface area contributed by atoms with Crippen LogP contribution < -0.4 is 20.5 Å². The number of benzene rings is 1. The van der Waals surface area contributed by atoms with Gasteiger partial charge in [-0.15, -0.1) is 0 Å². The van der Waals surface area contributed by atoms with E-state index in [-0.39, 0.29) is 0 Å². The van der Waals surface area contributed by atoms with Crippen molar-refractivity contribution in [2.24, 2.45) is 5.73 Å². The molecular weight excluding hydrogens is 216 g/mol. The number of rotatable bonds is 8. The summed E-state index contributed by atoms with van der Waals surface area (Å²) in [5, 5.41) is 3.21. The van der Waals surface area contributed by atoms with Gasteiger partial charge in [-0.2, -0.15) is 0 Å². The van der Waals surface area contributed by atoms with E-state index in [0.29, 0.717) is 19.8 Å². The molecule has 0 spiro atoms. The molecule has 0 atom stereocenters. The first-order valence-electron chi connectivity index (χ1n) is 6.05. The highest BCUT2D eigenvalue weighted by Crippen LogP contribution is 2.24. The van der Waals surface area contributed by atoms with Gasteiger partial charge in [0.1, 0.15) is 24.7 Å². The van der Waals surface area contributed by atoms with Crippen molar-refractivity contribution < 1.29 is 9.47 Å². The van der Waals surface area contributed by atoms with Gasteiger partial charge in [0.25, 0.3) is 0 Å². The van der Waals surface area contributed by atoms with E-state index in [1.807, 2.05) is 25.1 Å². The third-order valence-corrected chi connectivity index (χ3v) is 2.33. The largest absolute Gasteiger partial charge is 0.492 e. The average Bonchev–Trinajstić information content (AvgIpc) is 2.35. The van der Waals surface area contributed by atoms with Crippen LogP contribution in [0.15, 0.2) is 18.2 Å². The molecule has 0 aromatic heterocycles. The molecule has 1 aromatic rings. The summed E-state index contributed by atoms with van der Waals surface area (Å²) >= 11 is 0. The van der Waals surface area contributed by atoms with Crippen LogP contribution in [0.5, 0.6) is 11.5 Å². The van der Waals surface area contributed by atoms with Gasteiger partial charge in [-0.05, 0) is 25.1 Å². The molecular formula is C13H22N2O2. The predicted octanol–water partition coefficient (Wildman–Crippen LogP) is 1.32. The fourth-order valence-corrected chi connectivity index (χ4v) is 1.41. The van der Waals surface area contributed by atoms with Gasteiger partial charge in [-0.3, -0.25) is 0 Å². The molecule has 1 rings (SSSR count). The number of hydrogen-bond acceptors (Lipinski definition) is 4. The van der Waals surface area contributed by atoms with Crippen molar-refractivity contribution in [3.8, 4) is 11.5 Å². The second kappa shape index (κ2) is 7.92. The first-order valence-corrected chi connectivity index (χ1v) is 6.05. The maximum Gasteiger partial charge on any atom is 0.125 e. The van der Waals surface area contributed by atoms with Crippen molar-refractivity contribution in [1.29, 1.82) is 0 Å². The van der Waals surface area contributed by atoms with Crippen LogP contribution in [0, 0.1) is 6.92 Å². The molecule has 0 saturated heterocycles. The summed E-state index contributed by atoms with van der Waals surface area (Å²) in [5.74, 6) is 1.68. The zero-order valence-corrected chi connectivity index (χ0v) is 10.7. The van der Waals surface area contributed by atoms with Gasteiger partial charge < -0.3 is 20.5 Å². The Kier molecular flexibility index (Phi) is 6.43. The quantitative estimate of drug-likeness (QED) is 0.671. The molecule has 17 heavy (non-hydrogen) atoms. The molecule has 0 aliphatic carbocycles. The summed E-state index contributed by atoms with van der Waals surface area (Å²) in [6, 6.07) is 5.86. The van der Waals surface area contributed by atoms with Gasteiger partial charge in [0, 0.05) is 19.2 Å². The minimum Gasteiger partial charge on any atom is -0.492 e. The van der Waals surface area contributed by atoms with Crippen LogP contribution in [0.3, 0.4) is 0 Å². The Morgan fingerprint density at radius 2 is 2.06 bits per heavy atom. The van der Waals surface area contributed by atoms with Crippen LogP contribution in [0.4, 0.5) is 0 Å². The highest BCUT2D eigenvalue weighted by molar-refractivity contribution is 5.39. The summed E-state index contributed by atoms with van der Waals surface area (Å²) in [6.07, 6.45) is 0. The normalized spacial score (nSPS) is 10.3. The van der Waals surface area contributed by atoms with E-state index in [1.54, 1.807) is 0 Å². The van der Waals surface area contributed by atoms with Crippen molar-refractivity contribution in [2.75, 3.05) is 32.8 Å². The molecule has 4 heteroatoms. The first kappa shape index (κ1) is 13.8. The lowest BCUT2D eigenvalue weighted by molar-refractivity contribution is 0.304. The topological polar surface area (TPSA) is 56.5 Å². The molecule has 1 aromatic carbocycles. The maximum absolute atomic E-state index is 5.61. The van der Waals surface area contributed by atoms with E-state index in [9.17, 15) is 0 Å². The van der Waals surface area contributed by atoms with Gasteiger partial charge in [-0.1, -0.05) is 13.0 Å². The molecule has 0 aliphatic rings. The number of ether oxygens (including phenoxy) is 2. The van der Waals surface area contributed by atoms with Gasteiger partial charge in [0.2, 0.25) is 0 Å². The predicted molar refractivity (Wildman–Crippen MR) is 69.8 cm³/mol. The molecule has 0 unspecified atom stereocenters. The zero-order valence-electron chi connectivity index (χ0n) is 10.7. The monoisotopic (exact) mass is 238 g/mol. The van der Waals surface area contributed by atoms with Crippen LogP contribution >= 0.6 is 0 Å². The van der Waals surface area contributed by atoms with Gasteiger partial charge in [0.15, 0.2) is 0 Å². The highest BCUT2D eigenvalue weighted by Gasteiger charge is 2.02. The third-order valence-electron chi connectivity index (χ3n) is 2.33. The molecule has 0 bridgehead atoms. The molecule has 96 valence electrons. The highest BCUT2D eigenvalue weighted by atomic mass is 16.5. The zero-order chi connectivity index (χ0) is 12.5. The third kappa shape index (κ3) is 5.06. The molecule has 4 nitrogen and oxygen atoms in total. The minimum absolute atomic E-state index is 0.519. The number of likely N-dealkylation sites (N-methyl/N-ethyl adjacent to an activating group) is 1. The molecule has 0 amide bonds. The van der Waals surface area contributed by atoms with Crippen LogP contribution in [0.2, 0.25) is 0 Å². The van der Waals surface area contributed by atoms with E-state index in [4.69, 9.17) is 15.2 Å². The molecule has 0 fully saturated rings. The molecule has 0 aliphatic heterocycles. The summed E-state index contributed by atoms with van der Waals surface area (Å²) in [4.78, 5) is 0. The molecule has 3 N–H and O–H groups in total. The Morgan fingerprint density at radius 1 is 1.24 bits per heavy atom. The second-order valence-electron chi connectivity index (χ2n) is 3.77. The lowest BCUT2D eigenvalue weighted by Crippen LogP contribution is -2.20. The Hall–Kier alpha value is -1.26. The van der Waals surface area contributed by atoms with Crippen LogP contribution in [-0.2, 0) is 0 Å². The molecule has 0 saturated carbocycles. The summed E-state index contributed by atoms with van der Waals surface area (Å²) in [5.41, 5.74) is 6.51. The summed E-state index contributed by atoms with van der Waals surface area (Å²) in [6.45, 7) is 7.60. The summed E-state index contributed by atoms with van der Waals surface area (Å²) < 4.78 is 11.1. The molecule has 0 heterocycles. The van der Waals surface area contributed by atoms with E-state index < -0.39 is 0 Å². The molecule has 0 radical (unpaired) electrons. The Labute approximate surface area is 103 Å². The van der Waals surface area contributed by atoms with Gasteiger partial charge >= 0.3 is 0 Å². The summed E-state index contributed by atoms with van der Waals surface area (Å²) in [7, 11) is 0. The lowest BCUT2D eigenvalue weighted by atomic mass is 10.2. The number of nitrogens with one attached hydrogen (secondary N) is 1. The Morgan fingerprint density at radius 3 is 2.76 bits per heavy atom. The maximum atomic E-state index is 5.61. The van der Waals surface area contributed by atoms with Crippen molar-refractivity contribution in [3.63, 3.8) is 0 Å². The fraction of sp³-hybridized carbons (Fsp3) is 0.538. The second-order valence-corrected chi connectivity index (χ2v) is 3.77. The fourth-order valence-electron chi connectivity index (χ4n) is 1.41. The number of aryl methyl sites for hydroxylation is 1. The van der Waals surface area contributed by atoms with Crippen LogP contribution in [0.1, 0.15) is 12.5 Å². The SMILES string of the molecule is CCNCCOc1ccc(C)c(OCCN)c1. The minimum atomic E-state index is 0.519. The van der Waals surface area contributed by atoms with E-state index in [0.717, 1.165) is 30.2 Å². The Bertz CT molecular complexity index is 329. The average molecular weight is 238 g/mol. The van der Waals surface area contributed by atoms with Gasteiger partial charge in [-0.25, -0.2) is 0 Å². The number of nitrogens with two attached hydrogens (primary N) is 1. The van der Waals surface area contributed by atoms with E-state index in [2.05, 4.69) is 12.2 Å². The van der Waals surface area contributed by atoms with Crippen molar-refractivity contribution >= 4 is 0 Å². The number of hydrogen-bond donors (Lipinski definition) is 2. The van der Waals surface area contributed by atoms with Crippen molar-refractivity contribution in [1.82, 2.24) is 5.32 Å². The van der Waals surface area contributed by atoms with Crippen LogP contribution in [-0.4, -0.2) is 32.8 Å². The van der Waals surface area contributed by atoms with E-state index >= 15 is 0 Å².